The first-order chi connectivity index (χ1) is 6.83. The molecule has 0 radical (unpaired) electrons. The van der Waals surface area contributed by atoms with Crippen molar-refractivity contribution in [3.63, 3.8) is 0 Å². The summed E-state index contributed by atoms with van der Waals surface area (Å²) in [5.74, 6) is 0. The molecule has 2 rings (SSSR count). The van der Waals surface area contributed by atoms with Crippen molar-refractivity contribution >= 4 is 12.0 Å². The Balaban J connectivity index is 2.34. The number of anilines is 1. The molecule has 2 nitrogen and oxygen atoms in total. The van der Waals surface area contributed by atoms with Crippen LogP contribution in [0, 0.1) is 0 Å². The van der Waals surface area contributed by atoms with Crippen molar-refractivity contribution in [2.24, 2.45) is 0 Å². The SMILES string of the molecule is CC1Cc2ccccc2N1C=CC=O. The minimum absolute atomic E-state index is 0.448. The van der Waals surface area contributed by atoms with E-state index in [0.29, 0.717) is 6.04 Å². The minimum Gasteiger partial charge on any atom is -0.345 e. The van der Waals surface area contributed by atoms with Gasteiger partial charge in [-0.15, -0.1) is 0 Å². The van der Waals surface area contributed by atoms with Crippen LogP contribution in [-0.4, -0.2) is 12.3 Å². The van der Waals surface area contributed by atoms with E-state index in [9.17, 15) is 4.79 Å². The fourth-order valence-electron chi connectivity index (χ4n) is 1.94. The Kier molecular flexibility index (Phi) is 2.35. The molecular formula is C12H13NO. The van der Waals surface area contributed by atoms with Gasteiger partial charge in [-0.2, -0.15) is 0 Å². The number of fused-ring (bicyclic) bond motifs is 1. The Morgan fingerprint density at radius 3 is 3.00 bits per heavy atom. The number of carbonyl (C=O) groups excluding carboxylic acids is 1. The van der Waals surface area contributed by atoms with E-state index < -0.39 is 0 Å². The molecular weight excluding hydrogens is 174 g/mol. The average molecular weight is 187 g/mol. The summed E-state index contributed by atoms with van der Waals surface area (Å²) in [4.78, 5) is 12.4. The summed E-state index contributed by atoms with van der Waals surface area (Å²) in [6.07, 6.45) is 5.26. The Hall–Kier alpha value is -1.57. The van der Waals surface area contributed by atoms with E-state index in [0.717, 1.165) is 12.7 Å². The number of rotatable bonds is 2. The van der Waals surface area contributed by atoms with Crippen LogP contribution in [-0.2, 0) is 11.2 Å². The maximum atomic E-state index is 10.3. The molecule has 0 N–H and O–H groups in total. The van der Waals surface area contributed by atoms with Gasteiger partial charge in [0, 0.05) is 17.9 Å². The van der Waals surface area contributed by atoms with E-state index >= 15 is 0 Å². The fraction of sp³-hybridized carbons (Fsp3) is 0.250. The maximum Gasteiger partial charge on any atom is 0.144 e. The molecule has 1 atom stereocenters. The van der Waals surface area contributed by atoms with E-state index in [1.54, 1.807) is 6.08 Å². The number of carbonyl (C=O) groups is 1. The fourth-order valence-corrected chi connectivity index (χ4v) is 1.94. The highest BCUT2D eigenvalue weighted by molar-refractivity contribution is 5.68. The molecule has 0 spiro atoms. The molecule has 0 aromatic heterocycles. The zero-order valence-electron chi connectivity index (χ0n) is 8.18. The largest absolute Gasteiger partial charge is 0.345 e. The van der Waals surface area contributed by atoms with Gasteiger partial charge in [0.2, 0.25) is 0 Å². The minimum atomic E-state index is 0.448. The Morgan fingerprint density at radius 1 is 1.43 bits per heavy atom. The van der Waals surface area contributed by atoms with Crippen LogP contribution in [0.2, 0.25) is 0 Å². The predicted molar refractivity (Wildman–Crippen MR) is 57.3 cm³/mol. The molecule has 2 heteroatoms. The summed E-state index contributed by atoms with van der Waals surface area (Å²) in [5, 5.41) is 0. The highest BCUT2D eigenvalue weighted by Crippen LogP contribution is 2.31. The van der Waals surface area contributed by atoms with Gasteiger partial charge in [0.05, 0.1) is 0 Å². The lowest BCUT2D eigenvalue weighted by Crippen LogP contribution is -2.22. The lowest BCUT2D eigenvalue weighted by molar-refractivity contribution is -0.104. The van der Waals surface area contributed by atoms with E-state index in [-0.39, 0.29) is 0 Å². The molecule has 1 aliphatic rings. The number of aldehydes is 1. The molecule has 1 heterocycles. The monoisotopic (exact) mass is 187 g/mol. The van der Waals surface area contributed by atoms with Crippen LogP contribution in [0.5, 0.6) is 0 Å². The number of allylic oxidation sites excluding steroid dienone is 1. The summed E-state index contributed by atoms with van der Waals surface area (Å²) in [6.45, 7) is 2.16. The number of hydrogen-bond donors (Lipinski definition) is 0. The van der Waals surface area contributed by atoms with Crippen molar-refractivity contribution in [1.29, 1.82) is 0 Å². The summed E-state index contributed by atoms with van der Waals surface area (Å²) in [7, 11) is 0. The molecule has 1 aliphatic heterocycles. The number of para-hydroxylation sites is 1. The third kappa shape index (κ3) is 1.43. The van der Waals surface area contributed by atoms with Crippen LogP contribution in [0.25, 0.3) is 0 Å². The second-order valence-electron chi connectivity index (χ2n) is 3.57. The van der Waals surface area contributed by atoms with Crippen LogP contribution >= 0.6 is 0 Å². The average Bonchev–Trinajstić information content (AvgIpc) is 2.51. The van der Waals surface area contributed by atoms with Gasteiger partial charge in [0.25, 0.3) is 0 Å². The quantitative estimate of drug-likeness (QED) is 0.522. The van der Waals surface area contributed by atoms with Crippen molar-refractivity contribution in [2.45, 2.75) is 19.4 Å². The summed E-state index contributed by atoms with van der Waals surface area (Å²) >= 11 is 0. The topological polar surface area (TPSA) is 20.3 Å². The van der Waals surface area contributed by atoms with Crippen LogP contribution in [0.3, 0.4) is 0 Å². The lowest BCUT2D eigenvalue weighted by atomic mass is 10.1. The van der Waals surface area contributed by atoms with Crippen molar-refractivity contribution in [3.8, 4) is 0 Å². The predicted octanol–water partition coefficient (Wildman–Crippen LogP) is 2.15. The number of hydrogen-bond acceptors (Lipinski definition) is 2. The Labute approximate surface area is 83.8 Å². The Morgan fingerprint density at radius 2 is 2.21 bits per heavy atom. The molecule has 1 aromatic carbocycles. The van der Waals surface area contributed by atoms with Gasteiger partial charge in [0.15, 0.2) is 0 Å². The molecule has 0 saturated carbocycles. The van der Waals surface area contributed by atoms with Crippen LogP contribution in [0.4, 0.5) is 5.69 Å². The van der Waals surface area contributed by atoms with Gasteiger partial charge in [-0.1, -0.05) is 18.2 Å². The highest BCUT2D eigenvalue weighted by atomic mass is 16.1. The van der Waals surface area contributed by atoms with E-state index in [2.05, 4.69) is 30.0 Å². The van der Waals surface area contributed by atoms with Gasteiger partial charge >= 0.3 is 0 Å². The first-order valence-electron chi connectivity index (χ1n) is 4.81. The van der Waals surface area contributed by atoms with Crippen molar-refractivity contribution < 1.29 is 4.79 Å². The molecule has 0 fully saturated rings. The zero-order chi connectivity index (χ0) is 9.97. The van der Waals surface area contributed by atoms with Gasteiger partial charge in [-0.05, 0) is 31.1 Å². The molecule has 14 heavy (non-hydrogen) atoms. The first-order valence-corrected chi connectivity index (χ1v) is 4.81. The van der Waals surface area contributed by atoms with Crippen molar-refractivity contribution in [3.05, 3.63) is 42.1 Å². The summed E-state index contributed by atoms with van der Waals surface area (Å²) in [5.41, 5.74) is 2.58. The van der Waals surface area contributed by atoms with E-state index in [1.807, 2.05) is 12.3 Å². The summed E-state index contributed by atoms with van der Waals surface area (Å²) < 4.78 is 0. The normalized spacial score (nSPS) is 20.1. The third-order valence-corrected chi connectivity index (χ3v) is 2.59. The van der Waals surface area contributed by atoms with Crippen molar-refractivity contribution in [1.82, 2.24) is 0 Å². The van der Waals surface area contributed by atoms with Crippen LogP contribution in [0.15, 0.2) is 36.5 Å². The molecule has 72 valence electrons. The molecule has 0 saturated heterocycles. The van der Waals surface area contributed by atoms with E-state index in [1.165, 1.54) is 11.3 Å². The third-order valence-electron chi connectivity index (χ3n) is 2.59. The van der Waals surface area contributed by atoms with Crippen LogP contribution < -0.4 is 4.90 Å². The molecule has 0 aliphatic carbocycles. The maximum absolute atomic E-state index is 10.3. The van der Waals surface area contributed by atoms with Crippen molar-refractivity contribution in [2.75, 3.05) is 4.90 Å². The van der Waals surface area contributed by atoms with Crippen LogP contribution in [0.1, 0.15) is 12.5 Å². The lowest BCUT2D eigenvalue weighted by Gasteiger charge is -2.19. The second kappa shape index (κ2) is 3.66. The second-order valence-corrected chi connectivity index (χ2v) is 3.57. The number of nitrogens with zero attached hydrogens (tertiary/aromatic N) is 1. The standard InChI is InChI=1S/C12H13NO/c1-10-9-11-5-2-3-6-12(11)13(10)7-4-8-14/h2-8,10H,9H2,1H3. The Bertz CT molecular complexity index is 370. The first kappa shape index (κ1) is 9.00. The van der Waals surface area contributed by atoms with Gasteiger partial charge in [-0.25, -0.2) is 0 Å². The van der Waals surface area contributed by atoms with Gasteiger partial charge in [0.1, 0.15) is 6.29 Å². The zero-order valence-corrected chi connectivity index (χ0v) is 8.18. The van der Waals surface area contributed by atoms with Gasteiger partial charge in [-0.3, -0.25) is 4.79 Å². The molecule has 1 unspecified atom stereocenters. The molecule has 1 aromatic rings. The molecule has 0 amide bonds. The number of benzene rings is 1. The smallest absolute Gasteiger partial charge is 0.144 e. The summed E-state index contributed by atoms with van der Waals surface area (Å²) in [6, 6.07) is 8.76. The highest BCUT2D eigenvalue weighted by Gasteiger charge is 2.23. The van der Waals surface area contributed by atoms with E-state index in [4.69, 9.17) is 0 Å². The van der Waals surface area contributed by atoms with Gasteiger partial charge < -0.3 is 4.90 Å². The molecule has 0 bridgehead atoms.